The number of hydrogen-bond donors (Lipinski definition) is 0. The van der Waals surface area contributed by atoms with Gasteiger partial charge in [-0.3, -0.25) is 9.59 Å². The molecule has 0 heterocycles. The first-order valence-corrected chi connectivity index (χ1v) is 4.52. The van der Waals surface area contributed by atoms with Crippen LogP contribution in [0.15, 0.2) is 0 Å². The quantitative estimate of drug-likeness (QED) is 0.502. The standard InChI is InChI=1S/C8H13ClO4/c1-3-12-8(11)4-7(5-9)13-6(2)10/h7H,3-5H2,1-2H3. The molecule has 0 aromatic carbocycles. The first kappa shape index (κ1) is 12.2. The molecule has 4 nitrogen and oxygen atoms in total. The minimum absolute atomic E-state index is 0.0108. The molecule has 0 amide bonds. The second kappa shape index (κ2) is 6.71. The largest absolute Gasteiger partial charge is 0.466 e. The van der Waals surface area contributed by atoms with Crippen LogP contribution in [0.4, 0.5) is 0 Å². The van der Waals surface area contributed by atoms with Gasteiger partial charge in [0.15, 0.2) is 0 Å². The molecule has 0 spiro atoms. The molecule has 13 heavy (non-hydrogen) atoms. The van der Waals surface area contributed by atoms with Crippen molar-refractivity contribution < 1.29 is 19.1 Å². The van der Waals surface area contributed by atoms with Crippen molar-refractivity contribution in [3.8, 4) is 0 Å². The van der Waals surface area contributed by atoms with Gasteiger partial charge in [0.25, 0.3) is 0 Å². The number of ether oxygens (including phenoxy) is 2. The van der Waals surface area contributed by atoms with Crippen molar-refractivity contribution in [3.05, 3.63) is 0 Å². The number of carbonyl (C=O) groups excluding carboxylic acids is 2. The number of hydrogen-bond acceptors (Lipinski definition) is 4. The zero-order chi connectivity index (χ0) is 10.3. The lowest BCUT2D eigenvalue weighted by atomic mass is 10.3. The first-order valence-electron chi connectivity index (χ1n) is 3.99. The minimum atomic E-state index is -0.585. The van der Waals surface area contributed by atoms with Gasteiger partial charge in [0.05, 0.1) is 18.9 Å². The van der Waals surface area contributed by atoms with E-state index in [0.717, 1.165) is 0 Å². The van der Waals surface area contributed by atoms with Crippen LogP contribution in [0.3, 0.4) is 0 Å². The summed E-state index contributed by atoms with van der Waals surface area (Å²) in [6.07, 6.45) is -0.574. The van der Waals surface area contributed by atoms with Gasteiger partial charge >= 0.3 is 11.9 Å². The third kappa shape index (κ3) is 6.40. The molecule has 0 aliphatic carbocycles. The number of rotatable bonds is 5. The zero-order valence-corrected chi connectivity index (χ0v) is 8.47. The third-order valence-corrected chi connectivity index (χ3v) is 1.55. The molecule has 0 aromatic heterocycles. The molecule has 1 unspecified atom stereocenters. The van der Waals surface area contributed by atoms with Crippen LogP contribution in [0, 0.1) is 0 Å². The van der Waals surface area contributed by atoms with Crippen LogP contribution in [0.25, 0.3) is 0 Å². The lowest BCUT2D eigenvalue weighted by molar-refractivity contribution is -0.152. The molecule has 0 saturated heterocycles. The van der Waals surface area contributed by atoms with Gasteiger partial charge in [0.2, 0.25) is 0 Å². The Bertz CT molecular complexity index is 181. The third-order valence-electron chi connectivity index (χ3n) is 1.20. The van der Waals surface area contributed by atoms with Crippen LogP contribution in [0.1, 0.15) is 20.3 Å². The second-order valence-electron chi connectivity index (χ2n) is 2.39. The van der Waals surface area contributed by atoms with E-state index in [9.17, 15) is 9.59 Å². The van der Waals surface area contributed by atoms with E-state index < -0.39 is 18.0 Å². The van der Waals surface area contributed by atoms with Crippen LogP contribution < -0.4 is 0 Å². The normalized spacial score (nSPS) is 11.9. The van der Waals surface area contributed by atoms with E-state index in [1.165, 1.54) is 6.92 Å². The number of alkyl halides is 1. The van der Waals surface area contributed by atoms with Gasteiger partial charge in [-0.05, 0) is 6.92 Å². The van der Waals surface area contributed by atoms with Crippen LogP contribution in [0.2, 0.25) is 0 Å². The molecular formula is C8H13ClO4. The predicted octanol–water partition coefficient (Wildman–Crippen LogP) is 1.11. The Kier molecular flexibility index (Phi) is 6.32. The van der Waals surface area contributed by atoms with E-state index in [4.69, 9.17) is 16.3 Å². The van der Waals surface area contributed by atoms with Gasteiger partial charge in [-0.25, -0.2) is 0 Å². The van der Waals surface area contributed by atoms with Crippen molar-refractivity contribution in [2.45, 2.75) is 26.4 Å². The maximum atomic E-state index is 10.9. The molecule has 0 saturated carbocycles. The topological polar surface area (TPSA) is 52.6 Å². The fourth-order valence-electron chi connectivity index (χ4n) is 0.768. The van der Waals surface area contributed by atoms with Gasteiger partial charge in [0, 0.05) is 6.92 Å². The first-order chi connectivity index (χ1) is 6.10. The van der Waals surface area contributed by atoms with Crippen molar-refractivity contribution in [2.24, 2.45) is 0 Å². The molecular weight excluding hydrogens is 196 g/mol. The van der Waals surface area contributed by atoms with E-state index in [-0.39, 0.29) is 12.3 Å². The Hall–Kier alpha value is -0.770. The molecule has 0 aromatic rings. The van der Waals surface area contributed by atoms with Gasteiger partial charge in [-0.2, -0.15) is 0 Å². The highest BCUT2D eigenvalue weighted by atomic mass is 35.5. The van der Waals surface area contributed by atoms with Gasteiger partial charge in [-0.1, -0.05) is 0 Å². The van der Waals surface area contributed by atoms with E-state index in [1.807, 2.05) is 0 Å². The summed E-state index contributed by atoms with van der Waals surface area (Å²) in [5.41, 5.74) is 0. The molecule has 1 atom stereocenters. The summed E-state index contributed by atoms with van der Waals surface area (Å²) < 4.78 is 9.41. The Labute approximate surface area is 82.1 Å². The number of esters is 2. The van der Waals surface area contributed by atoms with E-state index in [0.29, 0.717) is 6.61 Å². The molecule has 0 rings (SSSR count). The van der Waals surface area contributed by atoms with E-state index >= 15 is 0 Å². The molecule has 0 radical (unpaired) electrons. The average molecular weight is 209 g/mol. The lowest BCUT2D eigenvalue weighted by Crippen LogP contribution is -2.23. The average Bonchev–Trinajstić information content (AvgIpc) is 2.02. The Morgan fingerprint density at radius 2 is 2.08 bits per heavy atom. The fourth-order valence-corrected chi connectivity index (χ4v) is 0.940. The van der Waals surface area contributed by atoms with Crippen molar-refractivity contribution >= 4 is 23.5 Å². The second-order valence-corrected chi connectivity index (χ2v) is 2.70. The Morgan fingerprint density at radius 1 is 1.46 bits per heavy atom. The zero-order valence-electron chi connectivity index (χ0n) is 7.71. The van der Waals surface area contributed by atoms with Crippen LogP contribution >= 0.6 is 11.6 Å². The molecule has 0 fully saturated rings. The summed E-state index contributed by atoms with van der Waals surface area (Å²) in [5.74, 6) is -0.761. The highest BCUT2D eigenvalue weighted by Gasteiger charge is 2.16. The van der Waals surface area contributed by atoms with Crippen molar-refractivity contribution in [2.75, 3.05) is 12.5 Å². The lowest BCUT2D eigenvalue weighted by Gasteiger charge is -2.12. The highest BCUT2D eigenvalue weighted by Crippen LogP contribution is 2.03. The highest BCUT2D eigenvalue weighted by molar-refractivity contribution is 6.18. The minimum Gasteiger partial charge on any atom is -0.466 e. The van der Waals surface area contributed by atoms with E-state index in [2.05, 4.69) is 4.74 Å². The Morgan fingerprint density at radius 3 is 2.46 bits per heavy atom. The van der Waals surface area contributed by atoms with Crippen LogP contribution in [0.5, 0.6) is 0 Å². The molecule has 0 aliphatic rings. The number of carbonyl (C=O) groups is 2. The maximum Gasteiger partial charge on any atom is 0.309 e. The van der Waals surface area contributed by atoms with Crippen LogP contribution in [-0.4, -0.2) is 30.5 Å². The maximum absolute atomic E-state index is 10.9. The summed E-state index contributed by atoms with van der Waals surface area (Å²) >= 11 is 5.47. The predicted molar refractivity (Wildman–Crippen MR) is 47.5 cm³/mol. The monoisotopic (exact) mass is 208 g/mol. The van der Waals surface area contributed by atoms with Gasteiger partial charge in [0.1, 0.15) is 6.10 Å². The van der Waals surface area contributed by atoms with Gasteiger partial charge in [-0.15, -0.1) is 11.6 Å². The van der Waals surface area contributed by atoms with Crippen molar-refractivity contribution in [3.63, 3.8) is 0 Å². The summed E-state index contributed by atoms with van der Waals surface area (Å²) in [4.78, 5) is 21.4. The smallest absolute Gasteiger partial charge is 0.309 e. The van der Waals surface area contributed by atoms with Crippen molar-refractivity contribution in [1.29, 1.82) is 0 Å². The SMILES string of the molecule is CCOC(=O)CC(CCl)OC(C)=O. The molecule has 76 valence electrons. The number of halogens is 1. The molecule has 0 bridgehead atoms. The van der Waals surface area contributed by atoms with Crippen molar-refractivity contribution in [1.82, 2.24) is 0 Å². The molecule has 0 N–H and O–H groups in total. The van der Waals surface area contributed by atoms with Gasteiger partial charge < -0.3 is 9.47 Å². The summed E-state index contributed by atoms with van der Waals surface area (Å²) in [7, 11) is 0. The van der Waals surface area contributed by atoms with E-state index in [1.54, 1.807) is 6.92 Å². The summed E-state index contributed by atoms with van der Waals surface area (Å²) in [5, 5.41) is 0. The fraction of sp³-hybridized carbons (Fsp3) is 0.750. The molecule has 0 aliphatic heterocycles. The summed E-state index contributed by atoms with van der Waals surface area (Å²) in [6.45, 7) is 3.29. The van der Waals surface area contributed by atoms with Crippen LogP contribution in [-0.2, 0) is 19.1 Å². The summed E-state index contributed by atoms with van der Waals surface area (Å²) in [6, 6.07) is 0. The Balaban J connectivity index is 3.83. The molecule has 5 heteroatoms.